The molecule has 4 nitrogen and oxygen atoms in total. The van der Waals surface area contributed by atoms with E-state index < -0.39 is 0 Å². The SMILES string of the molecule is CCN(C)C(=O)C(C)NC1CCOC(C)(CC)C1. The zero-order valence-electron chi connectivity index (χ0n) is 12.5. The largest absolute Gasteiger partial charge is 0.375 e. The standard InChI is InChI=1S/C14H28N2O2/c1-6-14(4)10-12(8-9-18-14)15-11(3)13(17)16(5)7-2/h11-12,15H,6-10H2,1-5H3. The van der Waals surface area contributed by atoms with Crippen LogP contribution in [0.4, 0.5) is 0 Å². The minimum Gasteiger partial charge on any atom is -0.375 e. The molecule has 0 aromatic heterocycles. The van der Waals surface area contributed by atoms with Crippen molar-refractivity contribution >= 4 is 5.91 Å². The Labute approximate surface area is 111 Å². The number of carbonyl (C=O) groups is 1. The summed E-state index contributed by atoms with van der Waals surface area (Å²) in [4.78, 5) is 13.8. The van der Waals surface area contributed by atoms with Crippen LogP contribution in [0, 0.1) is 0 Å². The summed E-state index contributed by atoms with van der Waals surface area (Å²) in [6.07, 6.45) is 2.99. The Morgan fingerprint density at radius 3 is 2.78 bits per heavy atom. The first-order chi connectivity index (χ1) is 8.41. The molecule has 0 radical (unpaired) electrons. The number of rotatable bonds is 5. The molecule has 1 rings (SSSR count). The molecule has 1 fully saturated rings. The second kappa shape index (κ2) is 6.53. The summed E-state index contributed by atoms with van der Waals surface area (Å²) in [6, 6.07) is 0.270. The lowest BCUT2D eigenvalue weighted by Gasteiger charge is -2.39. The average molecular weight is 256 g/mol. The van der Waals surface area contributed by atoms with Crippen LogP contribution >= 0.6 is 0 Å². The van der Waals surface area contributed by atoms with Gasteiger partial charge in [0, 0.05) is 26.2 Å². The highest BCUT2D eigenvalue weighted by Gasteiger charge is 2.33. The number of carbonyl (C=O) groups excluding carboxylic acids is 1. The van der Waals surface area contributed by atoms with E-state index in [0.29, 0.717) is 6.04 Å². The Balaban J connectivity index is 2.49. The molecule has 3 atom stereocenters. The Morgan fingerprint density at radius 1 is 1.56 bits per heavy atom. The number of amides is 1. The lowest BCUT2D eigenvalue weighted by atomic mass is 9.89. The Bertz CT molecular complexity index is 283. The Kier molecular flexibility index (Phi) is 5.60. The molecule has 1 heterocycles. The number of hydrogen-bond donors (Lipinski definition) is 1. The molecule has 4 heteroatoms. The van der Waals surface area contributed by atoms with Crippen LogP contribution in [0.2, 0.25) is 0 Å². The number of likely N-dealkylation sites (N-methyl/N-ethyl adjacent to an activating group) is 1. The molecule has 106 valence electrons. The summed E-state index contributed by atoms with van der Waals surface area (Å²) in [5, 5.41) is 3.45. The molecule has 1 amide bonds. The van der Waals surface area contributed by atoms with Crippen molar-refractivity contribution in [1.29, 1.82) is 0 Å². The zero-order valence-corrected chi connectivity index (χ0v) is 12.5. The molecule has 0 aliphatic carbocycles. The van der Waals surface area contributed by atoms with E-state index in [9.17, 15) is 4.79 Å². The van der Waals surface area contributed by atoms with E-state index in [2.05, 4.69) is 19.2 Å². The number of ether oxygens (including phenoxy) is 1. The Hall–Kier alpha value is -0.610. The molecule has 0 aromatic rings. The minimum absolute atomic E-state index is 0.0324. The van der Waals surface area contributed by atoms with Gasteiger partial charge < -0.3 is 15.0 Å². The van der Waals surface area contributed by atoms with Crippen molar-refractivity contribution < 1.29 is 9.53 Å². The van der Waals surface area contributed by atoms with E-state index in [1.165, 1.54) is 0 Å². The van der Waals surface area contributed by atoms with Crippen molar-refractivity contribution in [3.63, 3.8) is 0 Å². The first-order valence-electron chi connectivity index (χ1n) is 7.07. The summed E-state index contributed by atoms with van der Waals surface area (Å²) in [6.45, 7) is 9.80. The van der Waals surface area contributed by atoms with Gasteiger partial charge in [0.25, 0.3) is 0 Å². The first-order valence-corrected chi connectivity index (χ1v) is 7.07. The highest BCUT2D eigenvalue weighted by molar-refractivity contribution is 5.81. The fraction of sp³-hybridized carbons (Fsp3) is 0.929. The Morgan fingerprint density at radius 2 is 2.22 bits per heavy atom. The van der Waals surface area contributed by atoms with E-state index in [0.717, 1.165) is 32.4 Å². The van der Waals surface area contributed by atoms with Gasteiger partial charge in [-0.3, -0.25) is 4.79 Å². The number of nitrogens with zero attached hydrogens (tertiary/aromatic N) is 1. The highest BCUT2D eigenvalue weighted by atomic mass is 16.5. The second-order valence-corrected chi connectivity index (χ2v) is 5.58. The van der Waals surface area contributed by atoms with Crippen molar-refractivity contribution in [3.05, 3.63) is 0 Å². The van der Waals surface area contributed by atoms with Gasteiger partial charge in [0.2, 0.25) is 5.91 Å². The summed E-state index contributed by atoms with van der Waals surface area (Å²) in [7, 11) is 1.85. The summed E-state index contributed by atoms with van der Waals surface area (Å²) in [5.41, 5.74) is -0.0324. The van der Waals surface area contributed by atoms with Crippen LogP contribution in [-0.4, -0.2) is 48.7 Å². The molecule has 3 unspecified atom stereocenters. The monoisotopic (exact) mass is 256 g/mol. The quantitative estimate of drug-likeness (QED) is 0.815. The van der Waals surface area contributed by atoms with Crippen LogP contribution in [0.5, 0.6) is 0 Å². The molecule has 1 saturated heterocycles. The normalized spacial score (nSPS) is 29.9. The third kappa shape index (κ3) is 3.95. The van der Waals surface area contributed by atoms with Gasteiger partial charge >= 0.3 is 0 Å². The fourth-order valence-corrected chi connectivity index (χ4v) is 2.43. The summed E-state index contributed by atoms with van der Waals surface area (Å²) >= 11 is 0. The molecule has 0 spiro atoms. The van der Waals surface area contributed by atoms with Crippen LogP contribution < -0.4 is 5.32 Å². The maximum absolute atomic E-state index is 12.0. The van der Waals surface area contributed by atoms with Gasteiger partial charge in [-0.1, -0.05) is 6.92 Å². The van der Waals surface area contributed by atoms with Gasteiger partial charge in [-0.15, -0.1) is 0 Å². The smallest absolute Gasteiger partial charge is 0.239 e. The van der Waals surface area contributed by atoms with Crippen molar-refractivity contribution in [2.45, 2.75) is 64.6 Å². The van der Waals surface area contributed by atoms with E-state index >= 15 is 0 Å². The van der Waals surface area contributed by atoms with E-state index in [1.807, 2.05) is 20.9 Å². The second-order valence-electron chi connectivity index (χ2n) is 5.58. The van der Waals surface area contributed by atoms with Gasteiger partial charge in [-0.2, -0.15) is 0 Å². The highest BCUT2D eigenvalue weighted by Crippen LogP contribution is 2.27. The van der Waals surface area contributed by atoms with Crippen LogP contribution in [0.25, 0.3) is 0 Å². The topological polar surface area (TPSA) is 41.6 Å². The van der Waals surface area contributed by atoms with Crippen molar-refractivity contribution in [2.75, 3.05) is 20.2 Å². The van der Waals surface area contributed by atoms with E-state index in [1.54, 1.807) is 4.90 Å². The van der Waals surface area contributed by atoms with Gasteiger partial charge in [-0.05, 0) is 40.0 Å². The first kappa shape index (κ1) is 15.4. The van der Waals surface area contributed by atoms with Crippen LogP contribution in [0.15, 0.2) is 0 Å². The van der Waals surface area contributed by atoms with Gasteiger partial charge in [-0.25, -0.2) is 0 Å². The molecule has 18 heavy (non-hydrogen) atoms. The van der Waals surface area contributed by atoms with Crippen LogP contribution in [0.3, 0.4) is 0 Å². The van der Waals surface area contributed by atoms with E-state index in [4.69, 9.17) is 4.74 Å². The van der Waals surface area contributed by atoms with Crippen molar-refractivity contribution in [2.24, 2.45) is 0 Å². The minimum atomic E-state index is -0.112. The predicted molar refractivity (Wildman–Crippen MR) is 73.6 cm³/mol. The van der Waals surface area contributed by atoms with Crippen LogP contribution in [0.1, 0.15) is 47.0 Å². The maximum Gasteiger partial charge on any atom is 0.239 e. The molecule has 1 aliphatic rings. The number of nitrogens with one attached hydrogen (secondary N) is 1. The lowest BCUT2D eigenvalue weighted by Crippen LogP contribution is -2.52. The van der Waals surface area contributed by atoms with Gasteiger partial charge in [0.15, 0.2) is 0 Å². The molecular formula is C14H28N2O2. The van der Waals surface area contributed by atoms with Gasteiger partial charge in [0.05, 0.1) is 11.6 Å². The molecule has 0 bridgehead atoms. The molecule has 0 aromatic carbocycles. The molecular weight excluding hydrogens is 228 g/mol. The van der Waals surface area contributed by atoms with E-state index in [-0.39, 0.29) is 17.6 Å². The molecule has 1 aliphatic heterocycles. The van der Waals surface area contributed by atoms with Crippen molar-refractivity contribution in [1.82, 2.24) is 10.2 Å². The lowest BCUT2D eigenvalue weighted by molar-refractivity contribution is -0.132. The van der Waals surface area contributed by atoms with Gasteiger partial charge in [0.1, 0.15) is 0 Å². The molecule has 1 N–H and O–H groups in total. The number of hydrogen-bond acceptors (Lipinski definition) is 3. The average Bonchev–Trinajstić information content (AvgIpc) is 2.37. The zero-order chi connectivity index (χ0) is 13.8. The van der Waals surface area contributed by atoms with Crippen LogP contribution in [-0.2, 0) is 9.53 Å². The fourth-order valence-electron chi connectivity index (χ4n) is 2.43. The third-order valence-electron chi connectivity index (χ3n) is 4.05. The maximum atomic E-state index is 12.0. The third-order valence-corrected chi connectivity index (χ3v) is 4.05. The molecule has 0 saturated carbocycles. The summed E-state index contributed by atoms with van der Waals surface area (Å²) in [5.74, 6) is 0.169. The predicted octanol–water partition coefficient (Wildman–Crippen LogP) is 1.79. The summed E-state index contributed by atoms with van der Waals surface area (Å²) < 4.78 is 5.82. The van der Waals surface area contributed by atoms with Crippen molar-refractivity contribution in [3.8, 4) is 0 Å².